The Kier molecular flexibility index (Phi) is 8.81. The van der Waals surface area contributed by atoms with Crippen LogP contribution in [0, 0.1) is 0 Å². The van der Waals surface area contributed by atoms with Gasteiger partial charge < -0.3 is 10.6 Å². The van der Waals surface area contributed by atoms with Crippen molar-refractivity contribution >= 4 is 33.8 Å². The molecule has 2 aromatic rings. The van der Waals surface area contributed by atoms with E-state index in [1.165, 1.54) is 24.3 Å². The van der Waals surface area contributed by atoms with E-state index in [-0.39, 0.29) is 23.9 Å². The molecule has 2 aromatic carbocycles. The van der Waals surface area contributed by atoms with Crippen molar-refractivity contribution in [2.45, 2.75) is 25.0 Å². The molecule has 0 radical (unpaired) electrons. The van der Waals surface area contributed by atoms with Crippen LogP contribution in [0.4, 0.5) is 14.5 Å². The summed E-state index contributed by atoms with van der Waals surface area (Å²) in [6.07, 6.45) is 0. The van der Waals surface area contributed by atoms with Crippen LogP contribution in [0.3, 0.4) is 0 Å². The van der Waals surface area contributed by atoms with E-state index in [9.17, 15) is 22.0 Å². The first-order valence-electron chi connectivity index (χ1n) is 8.01. The zero-order chi connectivity index (χ0) is 19.2. The van der Waals surface area contributed by atoms with E-state index in [0.717, 1.165) is 12.1 Å². The number of hydrogen-bond donors (Lipinski definition) is 2. The monoisotopic (exact) mass is 418 g/mol. The minimum atomic E-state index is -4.49. The molecular formula is C18H21ClF2N2O3S. The van der Waals surface area contributed by atoms with Gasteiger partial charge >= 0.3 is 5.76 Å². The predicted molar refractivity (Wildman–Crippen MR) is 104 cm³/mol. The lowest BCUT2D eigenvalue weighted by molar-refractivity contribution is 0.102. The van der Waals surface area contributed by atoms with Crippen LogP contribution in [0.5, 0.6) is 0 Å². The van der Waals surface area contributed by atoms with Gasteiger partial charge in [0.25, 0.3) is 5.91 Å². The summed E-state index contributed by atoms with van der Waals surface area (Å²) in [5, 5.41) is 5.95. The number of anilines is 1. The van der Waals surface area contributed by atoms with Gasteiger partial charge in [-0.05, 0) is 41.9 Å². The van der Waals surface area contributed by atoms with Crippen molar-refractivity contribution < 1.29 is 22.0 Å². The molecular weight excluding hydrogens is 398 g/mol. The number of carbonyl (C=O) groups excluding carboxylic acids is 1. The van der Waals surface area contributed by atoms with Gasteiger partial charge in [-0.3, -0.25) is 4.79 Å². The first kappa shape index (κ1) is 23.0. The van der Waals surface area contributed by atoms with E-state index >= 15 is 0 Å². The van der Waals surface area contributed by atoms with Gasteiger partial charge in [0.15, 0.2) is 0 Å². The lowest BCUT2D eigenvalue weighted by atomic mass is 10.1. The smallest absolute Gasteiger partial charge is 0.322 e. The molecule has 0 unspecified atom stereocenters. The number of benzene rings is 2. The van der Waals surface area contributed by atoms with E-state index < -0.39 is 21.3 Å². The molecule has 0 fully saturated rings. The molecule has 148 valence electrons. The third-order valence-electron chi connectivity index (χ3n) is 3.62. The zero-order valence-electron chi connectivity index (χ0n) is 14.6. The molecule has 0 spiro atoms. The average molecular weight is 419 g/mol. The molecule has 0 saturated carbocycles. The summed E-state index contributed by atoms with van der Waals surface area (Å²) in [7, 11) is -4.49. The predicted octanol–water partition coefficient (Wildman–Crippen LogP) is 3.61. The Morgan fingerprint density at radius 2 is 1.74 bits per heavy atom. The summed E-state index contributed by atoms with van der Waals surface area (Å²) in [5.41, 5.74) is 2.17. The van der Waals surface area contributed by atoms with Gasteiger partial charge in [0.1, 0.15) is 0 Å². The standard InChI is InChI=1S/C18H20F2N2O3S.ClH/c1-2-21-11-14-4-3-5-16(10-14)22-17(23)15-8-6-13(7-9-15)12-26(24,25)18(19)20;/h3-10,18,21H,2,11-12H2,1H3,(H,22,23);1H. The second-order valence-corrected chi connectivity index (χ2v) is 7.67. The Labute approximate surface area is 163 Å². The summed E-state index contributed by atoms with van der Waals surface area (Å²) >= 11 is 0. The highest BCUT2D eigenvalue weighted by Crippen LogP contribution is 2.16. The topological polar surface area (TPSA) is 75.3 Å². The highest BCUT2D eigenvalue weighted by Gasteiger charge is 2.24. The van der Waals surface area contributed by atoms with Gasteiger partial charge in [0, 0.05) is 17.8 Å². The number of nitrogens with one attached hydrogen (secondary N) is 2. The van der Waals surface area contributed by atoms with Gasteiger partial charge in [-0.1, -0.05) is 31.2 Å². The Morgan fingerprint density at radius 3 is 2.33 bits per heavy atom. The van der Waals surface area contributed by atoms with Crippen LogP contribution in [-0.4, -0.2) is 26.6 Å². The summed E-state index contributed by atoms with van der Waals surface area (Å²) in [4.78, 5) is 12.3. The van der Waals surface area contributed by atoms with E-state index in [4.69, 9.17) is 0 Å². The number of rotatable bonds is 8. The summed E-state index contributed by atoms with van der Waals surface area (Å²) in [6.45, 7) is 3.53. The maximum atomic E-state index is 12.4. The van der Waals surface area contributed by atoms with Crippen LogP contribution in [0.1, 0.15) is 28.4 Å². The van der Waals surface area contributed by atoms with E-state index in [2.05, 4.69) is 10.6 Å². The maximum Gasteiger partial charge on any atom is 0.337 e. The molecule has 5 nitrogen and oxygen atoms in total. The van der Waals surface area contributed by atoms with Gasteiger partial charge in [-0.25, -0.2) is 8.42 Å². The second kappa shape index (κ2) is 10.3. The van der Waals surface area contributed by atoms with Crippen molar-refractivity contribution in [3.05, 3.63) is 65.2 Å². The van der Waals surface area contributed by atoms with E-state index in [1.807, 2.05) is 25.1 Å². The Hall–Kier alpha value is -2.03. The highest BCUT2D eigenvalue weighted by atomic mass is 35.5. The van der Waals surface area contributed by atoms with Crippen LogP contribution in [0.2, 0.25) is 0 Å². The largest absolute Gasteiger partial charge is 0.337 e. The fourth-order valence-corrected chi connectivity index (χ4v) is 3.06. The quantitative estimate of drug-likeness (QED) is 0.686. The average Bonchev–Trinajstić information content (AvgIpc) is 2.60. The maximum absolute atomic E-state index is 12.4. The lowest BCUT2D eigenvalue weighted by Crippen LogP contribution is -2.15. The van der Waals surface area contributed by atoms with Crippen molar-refractivity contribution in [3.8, 4) is 0 Å². The third-order valence-corrected chi connectivity index (χ3v) is 4.90. The van der Waals surface area contributed by atoms with Gasteiger partial charge in [-0.15, -0.1) is 12.4 Å². The summed E-state index contributed by atoms with van der Waals surface area (Å²) in [6, 6.07) is 12.9. The van der Waals surface area contributed by atoms with E-state index in [1.54, 1.807) is 6.07 Å². The van der Waals surface area contributed by atoms with Crippen molar-refractivity contribution in [1.29, 1.82) is 0 Å². The first-order valence-corrected chi connectivity index (χ1v) is 9.73. The molecule has 0 aliphatic rings. The first-order chi connectivity index (χ1) is 12.3. The fraction of sp³-hybridized carbons (Fsp3) is 0.278. The molecule has 0 aromatic heterocycles. The molecule has 27 heavy (non-hydrogen) atoms. The minimum absolute atomic E-state index is 0. The Balaban J connectivity index is 0.00000364. The summed E-state index contributed by atoms with van der Waals surface area (Å²) in [5.74, 6) is -4.55. The van der Waals surface area contributed by atoms with Crippen molar-refractivity contribution in [2.24, 2.45) is 0 Å². The molecule has 2 N–H and O–H groups in total. The highest BCUT2D eigenvalue weighted by molar-refractivity contribution is 7.90. The lowest BCUT2D eigenvalue weighted by Gasteiger charge is -2.09. The number of alkyl halides is 2. The van der Waals surface area contributed by atoms with Crippen LogP contribution in [0.15, 0.2) is 48.5 Å². The number of carbonyl (C=O) groups is 1. The van der Waals surface area contributed by atoms with E-state index in [0.29, 0.717) is 17.8 Å². The van der Waals surface area contributed by atoms with Gasteiger partial charge in [0.05, 0.1) is 5.75 Å². The molecule has 0 saturated heterocycles. The van der Waals surface area contributed by atoms with Gasteiger partial charge in [-0.2, -0.15) is 8.78 Å². The molecule has 1 amide bonds. The molecule has 0 heterocycles. The molecule has 9 heteroatoms. The molecule has 0 atom stereocenters. The van der Waals surface area contributed by atoms with Crippen molar-refractivity contribution in [1.82, 2.24) is 5.32 Å². The van der Waals surface area contributed by atoms with Gasteiger partial charge in [0.2, 0.25) is 9.84 Å². The fourth-order valence-electron chi connectivity index (χ4n) is 2.28. The van der Waals surface area contributed by atoms with Crippen LogP contribution < -0.4 is 10.6 Å². The number of sulfone groups is 1. The minimum Gasteiger partial charge on any atom is -0.322 e. The summed E-state index contributed by atoms with van der Waals surface area (Å²) < 4.78 is 47.3. The Morgan fingerprint density at radius 1 is 1.07 bits per heavy atom. The molecule has 0 bridgehead atoms. The number of halogens is 3. The Bertz CT molecular complexity index is 859. The number of hydrogen-bond acceptors (Lipinski definition) is 4. The SMILES string of the molecule is CCNCc1cccc(NC(=O)c2ccc(CS(=O)(=O)C(F)F)cc2)c1.Cl. The molecule has 0 aliphatic heterocycles. The van der Waals surface area contributed by atoms with Crippen LogP contribution in [0.25, 0.3) is 0 Å². The zero-order valence-corrected chi connectivity index (χ0v) is 16.2. The van der Waals surface area contributed by atoms with Crippen LogP contribution >= 0.6 is 12.4 Å². The molecule has 2 rings (SSSR count). The normalized spacial score (nSPS) is 11.1. The molecule has 0 aliphatic carbocycles. The van der Waals surface area contributed by atoms with Crippen LogP contribution in [-0.2, 0) is 22.1 Å². The number of amides is 1. The third kappa shape index (κ3) is 6.89. The van der Waals surface area contributed by atoms with Crippen molar-refractivity contribution in [2.75, 3.05) is 11.9 Å². The van der Waals surface area contributed by atoms with Crippen molar-refractivity contribution in [3.63, 3.8) is 0 Å². The second-order valence-electron chi connectivity index (χ2n) is 5.70.